The van der Waals surface area contributed by atoms with Gasteiger partial charge in [0, 0.05) is 16.6 Å². The largest absolute Gasteiger partial charge is 0.416 e. The Bertz CT molecular complexity index is 1070. The van der Waals surface area contributed by atoms with Gasteiger partial charge in [0.25, 0.3) is 5.91 Å². The first-order valence-electron chi connectivity index (χ1n) is 9.51. The Hall–Kier alpha value is -2.13. The first kappa shape index (κ1) is 23.5. The van der Waals surface area contributed by atoms with E-state index in [9.17, 15) is 30.8 Å². The molecule has 2 aromatic carbocycles. The molecule has 1 fully saturated rings. The molecule has 31 heavy (non-hydrogen) atoms. The van der Waals surface area contributed by atoms with Crippen LogP contribution in [0.25, 0.3) is 0 Å². The Morgan fingerprint density at radius 2 is 1.77 bits per heavy atom. The Morgan fingerprint density at radius 3 is 2.35 bits per heavy atom. The quantitative estimate of drug-likeness (QED) is 0.599. The SMILES string of the molecule is CC1(S(=O)(=O)c2cccc(C(F)(F)F)c2)CCC(NC(=O)c2cc(F)cc(Cl)c2)CC1. The van der Waals surface area contributed by atoms with Gasteiger partial charge in [-0.25, -0.2) is 12.8 Å². The summed E-state index contributed by atoms with van der Waals surface area (Å²) in [5, 5.41) is 2.82. The van der Waals surface area contributed by atoms with Crippen LogP contribution in [0.2, 0.25) is 5.02 Å². The van der Waals surface area contributed by atoms with E-state index in [2.05, 4.69) is 5.32 Å². The fourth-order valence-corrected chi connectivity index (χ4v) is 5.82. The van der Waals surface area contributed by atoms with E-state index in [0.717, 1.165) is 30.3 Å². The first-order chi connectivity index (χ1) is 14.3. The van der Waals surface area contributed by atoms with E-state index in [1.165, 1.54) is 13.0 Å². The van der Waals surface area contributed by atoms with Crippen LogP contribution < -0.4 is 5.32 Å². The van der Waals surface area contributed by atoms with E-state index >= 15 is 0 Å². The molecule has 0 unspecified atom stereocenters. The summed E-state index contributed by atoms with van der Waals surface area (Å²) in [5.41, 5.74) is -0.971. The molecule has 168 valence electrons. The standard InChI is InChI=1S/C21H20ClF4NO3S/c1-20(31(29,30)18-4-2-3-14(11-18)21(24,25)26)7-5-17(6-8-20)27-19(28)13-9-15(22)12-16(23)10-13/h2-4,9-12,17H,5-8H2,1H3,(H,27,28). The van der Waals surface area contributed by atoms with Gasteiger partial charge in [-0.1, -0.05) is 17.7 Å². The molecule has 1 saturated carbocycles. The van der Waals surface area contributed by atoms with Gasteiger partial charge in [0.1, 0.15) is 5.82 Å². The Labute approximate surface area is 182 Å². The van der Waals surface area contributed by atoms with Crippen LogP contribution >= 0.6 is 11.6 Å². The molecule has 1 amide bonds. The van der Waals surface area contributed by atoms with Gasteiger partial charge in [-0.2, -0.15) is 13.2 Å². The number of hydrogen-bond donors (Lipinski definition) is 1. The van der Waals surface area contributed by atoms with Crippen LogP contribution in [0, 0.1) is 5.82 Å². The first-order valence-corrected chi connectivity index (χ1v) is 11.4. The minimum Gasteiger partial charge on any atom is -0.349 e. The molecule has 1 aliphatic rings. The lowest BCUT2D eigenvalue weighted by Gasteiger charge is -2.37. The zero-order valence-corrected chi connectivity index (χ0v) is 18.0. The lowest BCUT2D eigenvalue weighted by Crippen LogP contribution is -2.45. The molecule has 3 rings (SSSR count). The molecule has 0 bridgehead atoms. The van der Waals surface area contributed by atoms with Gasteiger partial charge in [-0.3, -0.25) is 4.79 Å². The third-order valence-electron chi connectivity index (χ3n) is 5.62. The van der Waals surface area contributed by atoms with E-state index in [-0.39, 0.29) is 34.4 Å². The highest BCUT2D eigenvalue weighted by Crippen LogP contribution is 2.40. The summed E-state index contributed by atoms with van der Waals surface area (Å²) < 4.78 is 77.4. The van der Waals surface area contributed by atoms with Gasteiger partial charge in [0.05, 0.1) is 15.2 Å². The number of amides is 1. The van der Waals surface area contributed by atoms with Crippen molar-refractivity contribution >= 4 is 27.3 Å². The summed E-state index contributed by atoms with van der Waals surface area (Å²) in [6.07, 6.45) is -3.72. The van der Waals surface area contributed by atoms with Crippen LogP contribution in [0.4, 0.5) is 17.6 Å². The van der Waals surface area contributed by atoms with E-state index < -0.39 is 38.0 Å². The van der Waals surface area contributed by atoms with Crippen molar-refractivity contribution in [3.05, 3.63) is 64.4 Å². The average molecular weight is 478 g/mol. The molecular formula is C21H20ClF4NO3S. The zero-order valence-electron chi connectivity index (χ0n) is 16.5. The van der Waals surface area contributed by atoms with Gasteiger partial charge in [0.15, 0.2) is 9.84 Å². The van der Waals surface area contributed by atoms with Crippen molar-refractivity contribution in [2.75, 3.05) is 0 Å². The summed E-state index contributed by atoms with van der Waals surface area (Å²) in [6, 6.07) is 6.82. The van der Waals surface area contributed by atoms with Crippen molar-refractivity contribution in [2.45, 2.75) is 54.5 Å². The van der Waals surface area contributed by atoms with Crippen LogP contribution in [0.5, 0.6) is 0 Å². The smallest absolute Gasteiger partial charge is 0.349 e. The predicted molar refractivity (Wildman–Crippen MR) is 108 cm³/mol. The summed E-state index contributed by atoms with van der Waals surface area (Å²) in [5.74, 6) is -1.18. The number of alkyl halides is 3. The predicted octanol–water partition coefficient (Wildman–Crippen LogP) is 5.40. The third kappa shape index (κ3) is 5.03. The van der Waals surface area contributed by atoms with E-state index in [1.54, 1.807) is 0 Å². The number of carbonyl (C=O) groups excluding carboxylic acids is 1. The summed E-state index contributed by atoms with van der Waals surface area (Å²) in [4.78, 5) is 12.0. The number of hydrogen-bond acceptors (Lipinski definition) is 3. The molecule has 0 heterocycles. The monoisotopic (exact) mass is 477 g/mol. The maximum atomic E-state index is 13.5. The topological polar surface area (TPSA) is 63.2 Å². The zero-order chi connectivity index (χ0) is 23.0. The van der Waals surface area contributed by atoms with Gasteiger partial charge < -0.3 is 5.32 Å². The van der Waals surface area contributed by atoms with Gasteiger partial charge >= 0.3 is 6.18 Å². The minimum absolute atomic E-state index is 0.0509. The van der Waals surface area contributed by atoms with Crippen molar-refractivity contribution in [1.29, 1.82) is 0 Å². The molecule has 0 spiro atoms. The van der Waals surface area contributed by atoms with E-state index in [1.807, 2.05) is 0 Å². The lowest BCUT2D eigenvalue weighted by molar-refractivity contribution is -0.137. The second-order valence-corrected chi connectivity index (χ2v) is 10.8. The molecule has 4 nitrogen and oxygen atoms in total. The number of halogens is 5. The molecule has 1 N–H and O–H groups in total. The second-order valence-electron chi connectivity index (χ2n) is 7.88. The molecule has 0 aliphatic heterocycles. The number of sulfone groups is 1. The summed E-state index contributed by atoms with van der Waals surface area (Å²) in [7, 11) is -4.04. The summed E-state index contributed by atoms with van der Waals surface area (Å²) in [6.45, 7) is 1.51. The van der Waals surface area contributed by atoms with E-state index in [4.69, 9.17) is 11.6 Å². The fourth-order valence-electron chi connectivity index (χ4n) is 3.72. The van der Waals surface area contributed by atoms with Crippen molar-refractivity contribution < 1.29 is 30.8 Å². The number of rotatable bonds is 4. The molecule has 10 heteroatoms. The lowest BCUT2D eigenvalue weighted by atomic mass is 9.86. The van der Waals surface area contributed by atoms with Crippen molar-refractivity contribution in [1.82, 2.24) is 5.32 Å². The maximum absolute atomic E-state index is 13.5. The molecular weight excluding hydrogens is 458 g/mol. The highest BCUT2D eigenvalue weighted by Gasteiger charge is 2.44. The highest BCUT2D eigenvalue weighted by molar-refractivity contribution is 7.92. The van der Waals surface area contributed by atoms with Gasteiger partial charge in [-0.15, -0.1) is 0 Å². The fraction of sp³-hybridized carbons (Fsp3) is 0.381. The Morgan fingerprint density at radius 1 is 1.13 bits per heavy atom. The highest BCUT2D eigenvalue weighted by atomic mass is 35.5. The Kier molecular flexibility index (Phi) is 6.40. The molecule has 0 saturated heterocycles. The van der Waals surface area contributed by atoms with Crippen molar-refractivity contribution in [2.24, 2.45) is 0 Å². The number of benzene rings is 2. The molecule has 0 aromatic heterocycles. The van der Waals surface area contributed by atoms with Crippen LogP contribution in [-0.4, -0.2) is 25.1 Å². The molecule has 0 atom stereocenters. The van der Waals surface area contributed by atoms with Crippen molar-refractivity contribution in [3.63, 3.8) is 0 Å². The number of nitrogens with one attached hydrogen (secondary N) is 1. The van der Waals surface area contributed by atoms with Crippen LogP contribution in [0.3, 0.4) is 0 Å². The van der Waals surface area contributed by atoms with Crippen molar-refractivity contribution in [3.8, 4) is 0 Å². The summed E-state index contributed by atoms with van der Waals surface area (Å²) >= 11 is 5.76. The third-order valence-corrected chi connectivity index (χ3v) is 8.42. The van der Waals surface area contributed by atoms with Crippen LogP contribution in [0.1, 0.15) is 48.5 Å². The van der Waals surface area contributed by atoms with Gasteiger partial charge in [-0.05, 0) is 69.0 Å². The second kappa shape index (κ2) is 8.43. The molecule has 2 aromatic rings. The minimum atomic E-state index is -4.64. The number of carbonyl (C=O) groups is 1. The van der Waals surface area contributed by atoms with Crippen LogP contribution in [0.15, 0.2) is 47.4 Å². The Balaban J connectivity index is 1.72. The van der Waals surface area contributed by atoms with E-state index in [0.29, 0.717) is 18.9 Å². The average Bonchev–Trinajstić information content (AvgIpc) is 2.68. The van der Waals surface area contributed by atoms with Gasteiger partial charge in [0.2, 0.25) is 0 Å². The molecule has 1 aliphatic carbocycles. The van der Waals surface area contributed by atoms with Crippen LogP contribution in [-0.2, 0) is 16.0 Å². The molecule has 0 radical (unpaired) electrons. The maximum Gasteiger partial charge on any atom is 0.416 e. The normalized spacial score (nSPS) is 22.2.